The first-order valence-electron chi connectivity index (χ1n) is 6.46. The summed E-state index contributed by atoms with van der Waals surface area (Å²) < 4.78 is 2.97. The van der Waals surface area contributed by atoms with E-state index in [0.717, 1.165) is 22.2 Å². The topological polar surface area (TPSA) is 60.0 Å². The number of aromatic nitrogens is 3. The zero-order valence-electron chi connectivity index (χ0n) is 11.2. The molecule has 1 fully saturated rings. The SMILES string of the molecule is CN(C)C1(Cn2c(N)nc3cc(Br)cnc32)CCC1. The summed E-state index contributed by atoms with van der Waals surface area (Å²) in [6, 6.07) is 1.96. The van der Waals surface area contributed by atoms with Crippen molar-refractivity contribution in [3.05, 3.63) is 16.7 Å². The molecule has 2 heterocycles. The summed E-state index contributed by atoms with van der Waals surface area (Å²) in [6.45, 7) is 0.858. The lowest BCUT2D eigenvalue weighted by Crippen LogP contribution is -2.53. The summed E-state index contributed by atoms with van der Waals surface area (Å²) in [6.07, 6.45) is 5.48. The zero-order valence-corrected chi connectivity index (χ0v) is 12.8. The van der Waals surface area contributed by atoms with E-state index in [1.54, 1.807) is 6.20 Å². The summed E-state index contributed by atoms with van der Waals surface area (Å²) in [5.74, 6) is 0.550. The Morgan fingerprint density at radius 1 is 1.47 bits per heavy atom. The first-order valence-corrected chi connectivity index (χ1v) is 7.26. The van der Waals surface area contributed by atoms with Crippen LogP contribution >= 0.6 is 15.9 Å². The number of anilines is 1. The largest absolute Gasteiger partial charge is 0.369 e. The minimum atomic E-state index is 0.205. The molecule has 0 aromatic carbocycles. The van der Waals surface area contributed by atoms with Crippen molar-refractivity contribution in [1.82, 2.24) is 19.4 Å². The molecule has 1 aliphatic rings. The number of nitrogen functional groups attached to an aromatic ring is 1. The standard InChI is InChI=1S/C13H18BrN5/c1-18(2)13(4-3-5-13)8-19-11-10(17-12(19)15)6-9(14)7-16-11/h6-7H,3-5,8H2,1-2H3,(H2,15,17). The number of rotatable bonds is 3. The molecular weight excluding hydrogens is 306 g/mol. The molecule has 1 saturated carbocycles. The van der Waals surface area contributed by atoms with Crippen LogP contribution < -0.4 is 5.73 Å². The molecule has 0 spiro atoms. The van der Waals surface area contributed by atoms with Crippen LogP contribution in [0.4, 0.5) is 5.95 Å². The van der Waals surface area contributed by atoms with Crippen LogP contribution in [0.5, 0.6) is 0 Å². The van der Waals surface area contributed by atoms with Crippen molar-refractivity contribution in [2.24, 2.45) is 0 Å². The van der Waals surface area contributed by atoms with E-state index in [9.17, 15) is 0 Å². The van der Waals surface area contributed by atoms with Crippen molar-refractivity contribution in [2.75, 3.05) is 19.8 Å². The second-order valence-corrected chi connectivity index (χ2v) is 6.44. The first-order chi connectivity index (χ1) is 9.02. The fourth-order valence-electron chi connectivity index (χ4n) is 2.79. The Kier molecular flexibility index (Phi) is 3.02. The number of likely N-dealkylation sites (N-methyl/N-ethyl adjacent to an activating group) is 1. The molecule has 102 valence electrons. The smallest absolute Gasteiger partial charge is 0.202 e. The lowest BCUT2D eigenvalue weighted by Gasteiger charge is -2.47. The van der Waals surface area contributed by atoms with Gasteiger partial charge in [0.05, 0.1) is 0 Å². The van der Waals surface area contributed by atoms with E-state index in [4.69, 9.17) is 5.73 Å². The van der Waals surface area contributed by atoms with E-state index in [1.807, 2.05) is 10.6 Å². The third kappa shape index (κ3) is 2.03. The van der Waals surface area contributed by atoms with Crippen LogP contribution in [0.15, 0.2) is 16.7 Å². The highest BCUT2D eigenvalue weighted by atomic mass is 79.9. The molecule has 5 nitrogen and oxygen atoms in total. The summed E-state index contributed by atoms with van der Waals surface area (Å²) >= 11 is 3.41. The van der Waals surface area contributed by atoms with Gasteiger partial charge in [-0.2, -0.15) is 0 Å². The van der Waals surface area contributed by atoms with Crippen LogP contribution in [0.25, 0.3) is 11.2 Å². The molecule has 6 heteroatoms. The fourth-order valence-corrected chi connectivity index (χ4v) is 3.10. The molecule has 0 unspecified atom stereocenters. The second-order valence-electron chi connectivity index (χ2n) is 5.52. The van der Waals surface area contributed by atoms with E-state index in [1.165, 1.54) is 19.3 Å². The van der Waals surface area contributed by atoms with E-state index in [0.29, 0.717) is 5.95 Å². The van der Waals surface area contributed by atoms with Gasteiger partial charge in [0, 0.05) is 22.8 Å². The molecule has 2 aromatic heterocycles. The van der Waals surface area contributed by atoms with Crippen molar-refractivity contribution in [1.29, 1.82) is 0 Å². The number of halogens is 1. The molecule has 2 N–H and O–H groups in total. The van der Waals surface area contributed by atoms with Crippen molar-refractivity contribution in [2.45, 2.75) is 31.3 Å². The minimum Gasteiger partial charge on any atom is -0.369 e. The van der Waals surface area contributed by atoms with Crippen LogP contribution in [0.2, 0.25) is 0 Å². The Morgan fingerprint density at radius 2 is 2.21 bits per heavy atom. The first kappa shape index (κ1) is 12.9. The number of pyridine rings is 1. The van der Waals surface area contributed by atoms with E-state index >= 15 is 0 Å². The molecule has 0 saturated heterocycles. The van der Waals surface area contributed by atoms with Crippen LogP contribution in [0.3, 0.4) is 0 Å². The predicted molar refractivity (Wildman–Crippen MR) is 79.9 cm³/mol. The lowest BCUT2D eigenvalue weighted by molar-refractivity contribution is 0.0439. The van der Waals surface area contributed by atoms with Crippen LogP contribution in [0.1, 0.15) is 19.3 Å². The normalized spacial score (nSPS) is 17.9. The molecule has 19 heavy (non-hydrogen) atoms. The number of hydrogen-bond acceptors (Lipinski definition) is 4. The Morgan fingerprint density at radius 3 is 2.79 bits per heavy atom. The monoisotopic (exact) mass is 323 g/mol. The highest BCUT2D eigenvalue weighted by Crippen LogP contribution is 2.38. The van der Waals surface area contributed by atoms with Gasteiger partial charge in [-0.15, -0.1) is 0 Å². The van der Waals surface area contributed by atoms with Gasteiger partial charge in [-0.1, -0.05) is 0 Å². The van der Waals surface area contributed by atoms with Gasteiger partial charge in [0.25, 0.3) is 0 Å². The summed E-state index contributed by atoms with van der Waals surface area (Å²) in [5, 5.41) is 0. The average molecular weight is 324 g/mol. The molecule has 1 aliphatic carbocycles. The number of hydrogen-bond donors (Lipinski definition) is 1. The molecule has 0 radical (unpaired) electrons. The van der Waals surface area contributed by atoms with Crippen LogP contribution in [0, 0.1) is 0 Å². The highest BCUT2D eigenvalue weighted by molar-refractivity contribution is 9.10. The molecule has 0 atom stereocenters. The van der Waals surface area contributed by atoms with Gasteiger partial charge in [-0.3, -0.25) is 4.57 Å². The van der Waals surface area contributed by atoms with Crippen LogP contribution in [-0.4, -0.2) is 39.1 Å². The van der Waals surface area contributed by atoms with Crippen LogP contribution in [-0.2, 0) is 6.54 Å². The van der Waals surface area contributed by atoms with Crippen molar-refractivity contribution in [3.63, 3.8) is 0 Å². The van der Waals surface area contributed by atoms with Gasteiger partial charge in [0.2, 0.25) is 5.95 Å². The maximum Gasteiger partial charge on any atom is 0.202 e. The van der Waals surface area contributed by atoms with Gasteiger partial charge in [-0.05, 0) is 55.4 Å². The maximum absolute atomic E-state index is 6.07. The lowest BCUT2D eigenvalue weighted by atomic mass is 9.75. The van der Waals surface area contributed by atoms with Gasteiger partial charge < -0.3 is 10.6 Å². The minimum absolute atomic E-state index is 0.205. The predicted octanol–water partition coefficient (Wildman–Crippen LogP) is 2.26. The van der Waals surface area contributed by atoms with Gasteiger partial charge >= 0.3 is 0 Å². The van der Waals surface area contributed by atoms with Gasteiger partial charge in [-0.25, -0.2) is 9.97 Å². The number of nitrogens with zero attached hydrogens (tertiary/aromatic N) is 4. The van der Waals surface area contributed by atoms with Crippen molar-refractivity contribution < 1.29 is 0 Å². The van der Waals surface area contributed by atoms with Gasteiger partial charge in [0.15, 0.2) is 5.65 Å². The van der Waals surface area contributed by atoms with Crippen molar-refractivity contribution >= 4 is 33.0 Å². The Hall–Kier alpha value is -1.14. The Balaban J connectivity index is 2.03. The number of imidazole rings is 1. The molecular formula is C13H18BrN5. The average Bonchev–Trinajstić information content (AvgIpc) is 2.58. The highest BCUT2D eigenvalue weighted by Gasteiger charge is 2.40. The molecule has 0 amide bonds. The molecule has 2 aromatic rings. The maximum atomic E-state index is 6.07. The number of nitrogens with two attached hydrogens (primary N) is 1. The summed E-state index contributed by atoms with van der Waals surface area (Å²) in [5.41, 5.74) is 7.99. The van der Waals surface area contributed by atoms with E-state index in [-0.39, 0.29) is 5.54 Å². The van der Waals surface area contributed by atoms with E-state index < -0.39 is 0 Å². The Labute approximate surface area is 120 Å². The third-order valence-corrected chi connectivity index (χ3v) is 4.70. The van der Waals surface area contributed by atoms with Gasteiger partial charge in [0.1, 0.15) is 5.52 Å². The molecule has 3 rings (SSSR count). The summed E-state index contributed by atoms with van der Waals surface area (Å²) in [4.78, 5) is 11.2. The van der Waals surface area contributed by atoms with Crippen molar-refractivity contribution in [3.8, 4) is 0 Å². The second kappa shape index (κ2) is 4.45. The quantitative estimate of drug-likeness (QED) is 0.941. The third-order valence-electron chi connectivity index (χ3n) is 4.27. The van der Waals surface area contributed by atoms with E-state index in [2.05, 4.69) is 44.9 Å². The molecule has 0 aliphatic heterocycles. The number of fused-ring (bicyclic) bond motifs is 1. The molecule has 0 bridgehead atoms. The fraction of sp³-hybridized carbons (Fsp3) is 0.538. The summed E-state index contributed by atoms with van der Waals surface area (Å²) in [7, 11) is 4.27. The Bertz CT molecular complexity index is 615. The zero-order chi connectivity index (χ0) is 13.6.